The topological polar surface area (TPSA) is 142 Å². The highest BCUT2D eigenvalue weighted by Gasteiger charge is 2.45. The van der Waals surface area contributed by atoms with E-state index < -0.39 is 19.9 Å². The van der Waals surface area contributed by atoms with Crippen LogP contribution in [0.3, 0.4) is 0 Å². The number of aromatic amines is 1. The Balaban J connectivity index is 0.885. The third-order valence-electron chi connectivity index (χ3n) is 13.9. The van der Waals surface area contributed by atoms with Crippen LogP contribution >= 0.6 is 22.7 Å². The summed E-state index contributed by atoms with van der Waals surface area (Å²) in [5.74, 6) is -0.530. The Labute approximate surface area is 379 Å². The molecule has 11 nitrogen and oxygen atoms in total. The maximum Gasteiger partial charge on any atom is 0.349 e. The second-order valence-electron chi connectivity index (χ2n) is 19.2. The van der Waals surface area contributed by atoms with Gasteiger partial charge in [0.05, 0.1) is 38.7 Å². The molecule has 2 aromatic carbocycles. The van der Waals surface area contributed by atoms with Gasteiger partial charge in [-0.25, -0.2) is 9.78 Å². The first-order chi connectivity index (χ1) is 30.0. The van der Waals surface area contributed by atoms with Crippen molar-refractivity contribution >= 4 is 58.9 Å². The average molecular weight is 910 g/mol. The number of aromatic nitrogens is 3. The number of fused-ring (bicyclic) bond motifs is 4. The number of carbonyl (C=O) groups is 1. The van der Waals surface area contributed by atoms with Gasteiger partial charge < -0.3 is 39.1 Å². The minimum Gasteiger partial charge on any atom is -0.506 e. The van der Waals surface area contributed by atoms with Crippen LogP contribution in [0.25, 0.3) is 21.9 Å². The molecule has 1 fully saturated rings. The lowest BCUT2D eigenvalue weighted by Crippen LogP contribution is -2.43. The van der Waals surface area contributed by atoms with Gasteiger partial charge in [0.2, 0.25) is 11.2 Å². The molecule has 4 heterocycles. The molecular formula is C49H63N5O6S2Si. The van der Waals surface area contributed by atoms with Crippen LogP contribution in [0, 0.1) is 6.92 Å². The fourth-order valence-electron chi connectivity index (χ4n) is 9.35. The van der Waals surface area contributed by atoms with Gasteiger partial charge in [0.1, 0.15) is 11.9 Å². The highest BCUT2D eigenvalue weighted by molar-refractivity contribution is 7.13. The van der Waals surface area contributed by atoms with E-state index in [0.717, 1.165) is 85.8 Å². The molecule has 2 atom stereocenters. The lowest BCUT2D eigenvalue weighted by atomic mass is 9.91. The molecule has 8 rings (SSSR count). The highest BCUT2D eigenvalue weighted by Crippen LogP contribution is 2.42. The van der Waals surface area contributed by atoms with Gasteiger partial charge in [-0.05, 0) is 154 Å². The van der Waals surface area contributed by atoms with Crippen LogP contribution in [0.2, 0.25) is 18.1 Å². The number of ether oxygens (including phenoxy) is 1. The molecule has 0 amide bonds. The summed E-state index contributed by atoms with van der Waals surface area (Å²) in [5.41, 5.74) is 5.78. The fraction of sp³-hybridized carbons (Fsp3) is 0.490. The van der Waals surface area contributed by atoms with Crippen molar-refractivity contribution in [2.45, 2.75) is 134 Å². The molecule has 2 aliphatic rings. The smallest absolute Gasteiger partial charge is 0.349 e. The number of aromatic hydroxyl groups is 1. The van der Waals surface area contributed by atoms with Crippen molar-refractivity contribution in [2.75, 3.05) is 20.1 Å². The van der Waals surface area contributed by atoms with Crippen molar-refractivity contribution in [3.05, 3.63) is 114 Å². The lowest BCUT2D eigenvalue weighted by molar-refractivity contribution is -0.169. The Morgan fingerprint density at radius 2 is 1.84 bits per heavy atom. The number of carbonyl (C=O) groups excluding carboxylic acids is 1. The number of aryl methyl sites for hydroxylation is 3. The predicted octanol–water partition coefficient (Wildman–Crippen LogP) is 9.47. The van der Waals surface area contributed by atoms with Crippen LogP contribution < -0.4 is 10.9 Å². The Morgan fingerprint density at radius 1 is 1.06 bits per heavy atom. The molecule has 14 heteroatoms. The van der Waals surface area contributed by atoms with E-state index >= 15 is 0 Å². The zero-order chi connectivity index (χ0) is 44.7. The maximum absolute atomic E-state index is 13.6. The fourth-order valence-corrected chi connectivity index (χ4v) is 12.5. The molecule has 0 unspecified atom stereocenters. The SMILES string of the molecule is Cc1ccc([C@@](O)(C(=O)OC2CCC(N(C)CCCn3cnc4cc(CNC[C@H](O[Si](C)(C)C(C)(C)C)c5ccc(O)c6[nH]c(=O)ccc56)c5c(c43)CCC5)CC2)c2cccs2)s1. The molecule has 0 aliphatic heterocycles. The minimum absolute atomic E-state index is 0.00533. The number of imidazole rings is 1. The normalized spacial score (nSPS) is 18.6. The van der Waals surface area contributed by atoms with Crippen LogP contribution in [-0.4, -0.2) is 76.2 Å². The number of nitrogens with zero attached hydrogens (tertiary/aromatic N) is 3. The van der Waals surface area contributed by atoms with Gasteiger partial charge in [0.25, 0.3) is 0 Å². The Morgan fingerprint density at radius 3 is 2.56 bits per heavy atom. The molecule has 4 aromatic heterocycles. The van der Waals surface area contributed by atoms with Gasteiger partial charge in [-0.15, -0.1) is 22.7 Å². The largest absolute Gasteiger partial charge is 0.506 e. The summed E-state index contributed by atoms with van der Waals surface area (Å²) in [6, 6.07) is 17.0. The molecule has 0 spiro atoms. The third kappa shape index (κ3) is 9.36. The summed E-state index contributed by atoms with van der Waals surface area (Å²) in [6.07, 6.45) is 9.18. The van der Waals surface area contributed by atoms with Crippen molar-refractivity contribution in [3.63, 3.8) is 0 Å². The quantitative estimate of drug-likeness (QED) is 0.0552. The summed E-state index contributed by atoms with van der Waals surface area (Å²) >= 11 is 2.80. The number of rotatable bonds is 16. The monoisotopic (exact) mass is 909 g/mol. The van der Waals surface area contributed by atoms with Gasteiger partial charge in [-0.2, -0.15) is 0 Å². The van der Waals surface area contributed by atoms with E-state index in [-0.39, 0.29) is 28.6 Å². The maximum atomic E-state index is 13.6. The molecule has 4 N–H and O–H groups in total. The van der Waals surface area contributed by atoms with Crippen molar-refractivity contribution in [1.29, 1.82) is 0 Å². The number of esters is 1. The van der Waals surface area contributed by atoms with Crippen LogP contribution in [0.1, 0.15) is 102 Å². The summed E-state index contributed by atoms with van der Waals surface area (Å²) < 4.78 is 15.5. The summed E-state index contributed by atoms with van der Waals surface area (Å²) in [5, 5.41) is 28.9. The van der Waals surface area contributed by atoms with Crippen molar-refractivity contribution in [3.8, 4) is 5.75 Å². The number of hydrogen-bond acceptors (Lipinski definition) is 11. The molecule has 0 radical (unpaired) electrons. The lowest BCUT2D eigenvalue weighted by Gasteiger charge is -2.39. The van der Waals surface area contributed by atoms with Crippen LogP contribution in [0.15, 0.2) is 71.1 Å². The van der Waals surface area contributed by atoms with Gasteiger partial charge in [-0.3, -0.25) is 4.79 Å². The zero-order valence-corrected chi connectivity index (χ0v) is 40.4. The molecule has 63 heavy (non-hydrogen) atoms. The predicted molar refractivity (Wildman–Crippen MR) is 256 cm³/mol. The number of benzene rings is 2. The van der Waals surface area contributed by atoms with Crippen molar-refractivity contribution in [2.24, 2.45) is 0 Å². The molecule has 0 saturated heterocycles. The number of nitrogens with one attached hydrogen (secondary N) is 2. The van der Waals surface area contributed by atoms with E-state index in [1.807, 2.05) is 42.9 Å². The number of pyridine rings is 1. The summed E-state index contributed by atoms with van der Waals surface area (Å²) in [7, 11) is -0.00600. The second kappa shape index (κ2) is 18.4. The molecule has 336 valence electrons. The van der Waals surface area contributed by atoms with Gasteiger partial charge in [0, 0.05) is 42.0 Å². The zero-order valence-electron chi connectivity index (χ0n) is 37.8. The van der Waals surface area contributed by atoms with E-state index in [0.29, 0.717) is 34.4 Å². The number of H-pyrrole nitrogens is 1. The first-order valence-corrected chi connectivity index (χ1v) is 27.1. The van der Waals surface area contributed by atoms with Gasteiger partial charge >= 0.3 is 5.97 Å². The summed E-state index contributed by atoms with van der Waals surface area (Å²) in [6.45, 7) is 16.3. The van der Waals surface area contributed by atoms with E-state index in [1.165, 1.54) is 50.9 Å². The van der Waals surface area contributed by atoms with E-state index in [4.69, 9.17) is 14.1 Å². The van der Waals surface area contributed by atoms with Gasteiger partial charge in [0.15, 0.2) is 8.32 Å². The number of thiophene rings is 2. The Kier molecular flexibility index (Phi) is 13.3. The number of phenolic OH excluding ortho intramolecular Hbond substituents is 1. The van der Waals surface area contributed by atoms with E-state index in [2.05, 4.69) is 66.7 Å². The molecule has 1 saturated carbocycles. The first kappa shape index (κ1) is 45.4. The minimum atomic E-state index is -2.22. The van der Waals surface area contributed by atoms with Crippen LogP contribution in [-0.2, 0) is 45.5 Å². The van der Waals surface area contributed by atoms with Gasteiger partial charge in [-0.1, -0.05) is 32.9 Å². The Bertz CT molecular complexity index is 2620. The van der Waals surface area contributed by atoms with Crippen LogP contribution in [0.4, 0.5) is 0 Å². The average Bonchev–Trinajstić information content (AvgIpc) is 4.09. The molecule has 2 aliphatic carbocycles. The second-order valence-corrected chi connectivity index (χ2v) is 26.2. The summed E-state index contributed by atoms with van der Waals surface area (Å²) in [4.78, 5) is 38.3. The molecule has 6 aromatic rings. The van der Waals surface area contributed by atoms with E-state index in [1.54, 1.807) is 18.2 Å². The number of phenols is 1. The van der Waals surface area contributed by atoms with E-state index in [9.17, 15) is 19.8 Å². The highest BCUT2D eigenvalue weighted by atomic mass is 32.1. The first-order valence-electron chi connectivity index (χ1n) is 22.5. The number of aliphatic hydroxyl groups is 1. The van der Waals surface area contributed by atoms with Crippen molar-refractivity contribution in [1.82, 2.24) is 24.8 Å². The van der Waals surface area contributed by atoms with Crippen molar-refractivity contribution < 1.29 is 24.2 Å². The number of hydrogen-bond donors (Lipinski definition) is 4. The standard InChI is InChI=1S/C49H63N5O6S2Si/c1-31-14-22-43(62-31)49(58,42-13-9-26-61-42)47(57)59-34-17-15-33(16-18-34)53(5)24-10-25-54-30-51-39-27-32(35-11-8-12-38(35)46(39)54)28-50-29-41(60-63(6,7)48(2,3)4)36-19-21-40(55)45-37(36)20-23-44(56)52-45/h9,13-14,19-23,26-27,30,33-34,41,50,55,58H,8,10-12,15-18,24-25,28-29H2,1-7H3,(H,52,56)/t33?,34?,41-,49+/m0/s1. The third-order valence-corrected chi connectivity index (χ3v) is 20.5. The van der Waals surface area contributed by atoms with Crippen LogP contribution in [0.5, 0.6) is 5.75 Å². The molecular weight excluding hydrogens is 847 g/mol. The molecule has 0 bridgehead atoms. The Hall–Kier alpha value is -4.15.